The largest absolute Gasteiger partial charge is 0.468 e. The Morgan fingerprint density at radius 3 is 2.52 bits per heavy atom. The summed E-state index contributed by atoms with van der Waals surface area (Å²) in [6.45, 7) is 3.39. The van der Waals surface area contributed by atoms with Gasteiger partial charge in [-0.1, -0.05) is 36.4 Å². The van der Waals surface area contributed by atoms with Gasteiger partial charge in [-0.05, 0) is 42.7 Å². The van der Waals surface area contributed by atoms with Crippen molar-refractivity contribution in [1.82, 2.24) is 5.32 Å². The predicted molar refractivity (Wildman–Crippen MR) is 89.0 cm³/mol. The molecule has 3 atom stereocenters. The molecule has 4 nitrogen and oxygen atoms in total. The van der Waals surface area contributed by atoms with Crippen molar-refractivity contribution in [2.24, 2.45) is 5.92 Å². The minimum atomic E-state index is -0.832. The number of hydrogen-bond acceptors (Lipinski definition) is 4. The van der Waals surface area contributed by atoms with Crippen molar-refractivity contribution >= 4 is 22.5 Å². The van der Waals surface area contributed by atoms with E-state index < -0.39 is 5.54 Å². The Morgan fingerprint density at radius 2 is 1.87 bits per heavy atom. The second kappa shape index (κ2) is 5.78. The number of hydrogen-bond donors (Lipinski definition) is 1. The quantitative estimate of drug-likeness (QED) is 0.885. The standard InChI is InChI=1S/C19H21NO3/c1-12(21)16-11-19(2,18(22)23-3)20-17(16)15-9-8-13-6-4-5-7-14(13)10-15/h4-10,16-17,20H,11H2,1-3H3/t16-,17-,19+/m0/s1. The van der Waals surface area contributed by atoms with Gasteiger partial charge in [0.15, 0.2) is 0 Å². The van der Waals surface area contributed by atoms with E-state index in [0.717, 1.165) is 16.3 Å². The van der Waals surface area contributed by atoms with Crippen molar-refractivity contribution in [1.29, 1.82) is 0 Å². The fraction of sp³-hybridized carbons (Fsp3) is 0.368. The molecule has 4 heteroatoms. The van der Waals surface area contributed by atoms with Crippen molar-refractivity contribution in [3.8, 4) is 0 Å². The molecule has 1 aliphatic heterocycles. The number of carbonyl (C=O) groups is 2. The van der Waals surface area contributed by atoms with Gasteiger partial charge in [-0.15, -0.1) is 0 Å². The molecule has 0 spiro atoms. The number of carbonyl (C=O) groups excluding carboxylic acids is 2. The van der Waals surface area contributed by atoms with Crippen LogP contribution in [0.15, 0.2) is 42.5 Å². The van der Waals surface area contributed by atoms with E-state index in [0.29, 0.717) is 6.42 Å². The lowest BCUT2D eigenvalue weighted by Gasteiger charge is -2.23. The highest BCUT2D eigenvalue weighted by Gasteiger charge is 2.49. The zero-order valence-electron chi connectivity index (χ0n) is 13.6. The molecule has 23 heavy (non-hydrogen) atoms. The summed E-state index contributed by atoms with van der Waals surface area (Å²) in [6.07, 6.45) is 0.451. The first-order valence-corrected chi connectivity index (χ1v) is 7.80. The summed E-state index contributed by atoms with van der Waals surface area (Å²) < 4.78 is 4.91. The van der Waals surface area contributed by atoms with Crippen LogP contribution in [0.25, 0.3) is 10.8 Å². The van der Waals surface area contributed by atoms with Crippen LogP contribution >= 0.6 is 0 Å². The highest BCUT2D eigenvalue weighted by Crippen LogP contribution is 2.39. The van der Waals surface area contributed by atoms with Crippen molar-refractivity contribution in [2.75, 3.05) is 7.11 Å². The van der Waals surface area contributed by atoms with Gasteiger partial charge in [-0.3, -0.25) is 14.9 Å². The monoisotopic (exact) mass is 311 g/mol. The summed E-state index contributed by atoms with van der Waals surface area (Å²) in [5.41, 5.74) is 0.193. The Morgan fingerprint density at radius 1 is 1.17 bits per heavy atom. The van der Waals surface area contributed by atoms with E-state index in [1.165, 1.54) is 7.11 Å². The molecule has 1 aliphatic rings. The molecule has 3 rings (SSSR count). The number of Topliss-reactive ketones (excluding diaryl/α,β-unsaturated/α-hetero) is 1. The van der Waals surface area contributed by atoms with Crippen LogP contribution in [0, 0.1) is 5.92 Å². The van der Waals surface area contributed by atoms with E-state index >= 15 is 0 Å². The van der Waals surface area contributed by atoms with Crippen molar-refractivity contribution < 1.29 is 14.3 Å². The maximum absolute atomic E-state index is 12.1. The number of esters is 1. The van der Waals surface area contributed by atoms with Gasteiger partial charge in [0, 0.05) is 12.0 Å². The second-order valence-corrected chi connectivity index (χ2v) is 6.47. The lowest BCUT2D eigenvalue weighted by atomic mass is 9.87. The topological polar surface area (TPSA) is 55.4 Å². The van der Waals surface area contributed by atoms with E-state index in [-0.39, 0.29) is 23.7 Å². The molecule has 0 aromatic heterocycles. The fourth-order valence-corrected chi connectivity index (χ4v) is 3.52. The molecule has 0 bridgehead atoms. The SMILES string of the molecule is COC(=O)[C@@]1(C)C[C@@H](C(C)=O)[C@H](c2ccc3ccccc3c2)N1. The summed E-state index contributed by atoms with van der Waals surface area (Å²) in [4.78, 5) is 24.2. The van der Waals surface area contributed by atoms with Gasteiger partial charge in [0.25, 0.3) is 0 Å². The zero-order chi connectivity index (χ0) is 16.6. The molecular weight excluding hydrogens is 290 g/mol. The van der Waals surface area contributed by atoms with Crippen LogP contribution < -0.4 is 5.32 Å². The van der Waals surface area contributed by atoms with Gasteiger partial charge in [0.05, 0.1) is 7.11 Å². The van der Waals surface area contributed by atoms with E-state index in [4.69, 9.17) is 4.74 Å². The molecule has 1 fully saturated rings. The highest BCUT2D eigenvalue weighted by molar-refractivity contribution is 5.87. The Balaban J connectivity index is 2.01. The Kier molecular flexibility index (Phi) is 3.94. The Hall–Kier alpha value is -2.20. The van der Waals surface area contributed by atoms with Crippen LogP contribution in [-0.2, 0) is 14.3 Å². The van der Waals surface area contributed by atoms with Crippen molar-refractivity contribution in [2.45, 2.75) is 31.8 Å². The molecule has 1 N–H and O–H groups in total. The lowest BCUT2D eigenvalue weighted by molar-refractivity contribution is -0.147. The number of ketones is 1. The Bertz CT molecular complexity index is 770. The average Bonchev–Trinajstić information content (AvgIpc) is 2.93. The third-order valence-corrected chi connectivity index (χ3v) is 4.80. The molecular formula is C19H21NO3. The average molecular weight is 311 g/mol. The van der Waals surface area contributed by atoms with Gasteiger partial charge in [-0.2, -0.15) is 0 Å². The lowest BCUT2D eigenvalue weighted by Crippen LogP contribution is -2.45. The summed E-state index contributed by atoms with van der Waals surface area (Å²) in [5.74, 6) is -0.476. The first kappa shape index (κ1) is 15.7. The van der Waals surface area contributed by atoms with Crippen LogP contribution in [0.5, 0.6) is 0 Å². The minimum absolute atomic E-state index is 0.0864. The smallest absolute Gasteiger partial charge is 0.325 e. The van der Waals surface area contributed by atoms with Crippen LogP contribution in [0.3, 0.4) is 0 Å². The number of methoxy groups -OCH3 is 1. The summed E-state index contributed by atoms with van der Waals surface area (Å²) >= 11 is 0. The third kappa shape index (κ3) is 2.75. The molecule has 2 aromatic rings. The molecule has 120 valence electrons. The highest BCUT2D eigenvalue weighted by atomic mass is 16.5. The van der Waals surface area contributed by atoms with Gasteiger partial charge in [0.1, 0.15) is 11.3 Å². The first-order valence-electron chi connectivity index (χ1n) is 7.80. The normalized spacial score (nSPS) is 27.1. The molecule has 1 heterocycles. The van der Waals surface area contributed by atoms with E-state index in [1.54, 1.807) is 13.8 Å². The van der Waals surface area contributed by atoms with Crippen molar-refractivity contribution in [3.05, 3.63) is 48.0 Å². The number of ether oxygens (including phenoxy) is 1. The van der Waals surface area contributed by atoms with Gasteiger partial charge in [0.2, 0.25) is 0 Å². The minimum Gasteiger partial charge on any atom is -0.468 e. The number of benzene rings is 2. The summed E-state index contributed by atoms with van der Waals surface area (Å²) in [5, 5.41) is 5.62. The maximum atomic E-state index is 12.1. The van der Waals surface area contributed by atoms with E-state index in [9.17, 15) is 9.59 Å². The second-order valence-electron chi connectivity index (χ2n) is 6.47. The summed E-state index contributed by atoms with van der Waals surface area (Å²) in [7, 11) is 1.38. The first-order chi connectivity index (χ1) is 10.9. The van der Waals surface area contributed by atoms with Crippen LogP contribution in [0.1, 0.15) is 31.9 Å². The van der Waals surface area contributed by atoms with Gasteiger partial charge in [-0.25, -0.2) is 0 Å². The van der Waals surface area contributed by atoms with Crippen molar-refractivity contribution in [3.63, 3.8) is 0 Å². The molecule has 0 radical (unpaired) electrons. The summed E-state index contributed by atoms with van der Waals surface area (Å²) in [6, 6.07) is 14.1. The van der Waals surface area contributed by atoms with Gasteiger partial charge < -0.3 is 4.74 Å². The molecule has 0 unspecified atom stereocenters. The zero-order valence-corrected chi connectivity index (χ0v) is 13.6. The van der Waals surface area contributed by atoms with Crippen LogP contribution in [-0.4, -0.2) is 24.4 Å². The van der Waals surface area contributed by atoms with Crippen LogP contribution in [0.4, 0.5) is 0 Å². The number of nitrogens with one attached hydrogen (secondary N) is 1. The third-order valence-electron chi connectivity index (χ3n) is 4.80. The fourth-order valence-electron chi connectivity index (χ4n) is 3.52. The molecule has 2 aromatic carbocycles. The molecule has 0 saturated carbocycles. The maximum Gasteiger partial charge on any atom is 0.325 e. The number of rotatable bonds is 3. The molecule has 1 saturated heterocycles. The van der Waals surface area contributed by atoms with Crippen LogP contribution in [0.2, 0.25) is 0 Å². The number of fused-ring (bicyclic) bond motifs is 1. The molecule has 0 amide bonds. The van der Waals surface area contributed by atoms with Gasteiger partial charge >= 0.3 is 5.97 Å². The molecule has 0 aliphatic carbocycles. The van der Waals surface area contributed by atoms with E-state index in [2.05, 4.69) is 29.6 Å². The predicted octanol–water partition coefficient (Wildman–Crippen LogP) is 3.01. The Labute approximate surface area is 135 Å². The van der Waals surface area contributed by atoms with E-state index in [1.807, 2.05) is 18.2 Å².